The lowest BCUT2D eigenvalue weighted by Gasteiger charge is -2.34. The van der Waals surface area contributed by atoms with Crippen molar-refractivity contribution < 1.29 is 0 Å². The molecule has 3 saturated carbocycles. The van der Waals surface area contributed by atoms with Gasteiger partial charge in [0.1, 0.15) is 0 Å². The maximum Gasteiger partial charge on any atom is 0.164 e. The van der Waals surface area contributed by atoms with Crippen LogP contribution < -0.4 is 0 Å². The highest BCUT2D eigenvalue weighted by atomic mass is 15.0. The molecular weight excluding hydrogens is 753 g/mol. The zero-order valence-corrected chi connectivity index (χ0v) is 35.4. The molecule has 4 aliphatic rings. The Hall–Kier alpha value is -6.96. The van der Waals surface area contributed by atoms with Gasteiger partial charge in [-0.3, -0.25) is 0 Å². The summed E-state index contributed by atoms with van der Waals surface area (Å²) < 4.78 is 0. The average Bonchev–Trinajstić information content (AvgIpc) is 4.21. The molecule has 1 heterocycles. The monoisotopic (exact) mass is 798 g/mol. The number of rotatable bonds is 7. The molecule has 0 aliphatic heterocycles. The molecule has 0 saturated heterocycles. The van der Waals surface area contributed by atoms with Gasteiger partial charge in [0.25, 0.3) is 0 Å². The Labute approximate surface area is 364 Å². The fraction of sp³-hybridized carbons (Fsp3) is 0.207. The Balaban J connectivity index is 0.944. The fourth-order valence-electron chi connectivity index (χ4n) is 11.4. The predicted molar refractivity (Wildman–Crippen MR) is 250 cm³/mol. The Morgan fingerprint density at radius 3 is 1.45 bits per heavy atom. The quantitative estimate of drug-likeness (QED) is 0.161. The zero-order valence-electron chi connectivity index (χ0n) is 35.4. The Bertz CT molecular complexity index is 3050. The van der Waals surface area contributed by atoms with E-state index in [9.17, 15) is 5.26 Å². The molecule has 62 heavy (non-hydrogen) atoms. The Morgan fingerprint density at radius 2 is 0.887 bits per heavy atom. The van der Waals surface area contributed by atoms with Gasteiger partial charge in [-0.1, -0.05) is 148 Å². The topological polar surface area (TPSA) is 62.5 Å². The largest absolute Gasteiger partial charge is 0.208 e. The highest BCUT2D eigenvalue weighted by Gasteiger charge is 2.73. The van der Waals surface area contributed by atoms with Crippen LogP contribution in [0.5, 0.6) is 0 Å². The molecule has 0 radical (unpaired) electrons. The van der Waals surface area contributed by atoms with E-state index in [4.69, 9.17) is 15.0 Å². The first-order chi connectivity index (χ1) is 30.2. The summed E-state index contributed by atoms with van der Waals surface area (Å²) in [6.07, 6.45) is 5.51. The number of aromatic nitrogens is 3. The standard InChI is InChI=1S/C58H46N4/c1-56(2)51-26-36(35-59)14-24-49(51)50-25-21-42(30-52(50)56)39-15-17-40(18-16-39)53-60-54(41-19-22-46(23-20-41)57(3)31-47-33-58(47)34-48(58)32-57)62-55(61-53)45-28-43(37-10-6-4-7-11-37)27-44(29-45)38-12-8-5-9-13-38/h4-30,47-48H,31-34H2,1-3H3/t47-,48+,57?,58?. The molecule has 1 aromatic heterocycles. The summed E-state index contributed by atoms with van der Waals surface area (Å²) in [7, 11) is 0. The van der Waals surface area contributed by atoms with Crippen LogP contribution in [-0.2, 0) is 10.8 Å². The van der Waals surface area contributed by atoms with Gasteiger partial charge in [-0.05, 0) is 146 Å². The van der Waals surface area contributed by atoms with Crippen molar-refractivity contribution in [3.63, 3.8) is 0 Å². The maximum atomic E-state index is 9.63. The zero-order chi connectivity index (χ0) is 41.8. The third-order valence-electron chi connectivity index (χ3n) is 15.1. The minimum Gasteiger partial charge on any atom is -0.208 e. The van der Waals surface area contributed by atoms with Gasteiger partial charge in [-0.15, -0.1) is 0 Å². The average molecular weight is 799 g/mol. The molecule has 2 unspecified atom stereocenters. The van der Waals surface area contributed by atoms with Crippen LogP contribution in [0.15, 0.2) is 164 Å². The van der Waals surface area contributed by atoms with E-state index < -0.39 is 0 Å². The molecule has 12 rings (SSSR count). The van der Waals surface area contributed by atoms with Crippen LogP contribution in [0, 0.1) is 28.6 Å². The molecule has 7 aromatic carbocycles. The van der Waals surface area contributed by atoms with Crippen molar-refractivity contribution in [2.45, 2.75) is 57.3 Å². The molecule has 0 amide bonds. The van der Waals surface area contributed by atoms with Crippen LogP contribution in [0.25, 0.3) is 78.7 Å². The Kier molecular flexibility index (Phi) is 8.04. The third kappa shape index (κ3) is 5.98. The summed E-state index contributed by atoms with van der Waals surface area (Å²) in [5.41, 5.74) is 17.5. The molecular formula is C58H46N4. The van der Waals surface area contributed by atoms with Crippen molar-refractivity contribution in [2.75, 3.05) is 0 Å². The highest BCUT2D eigenvalue weighted by molar-refractivity contribution is 5.85. The van der Waals surface area contributed by atoms with Crippen molar-refractivity contribution >= 4 is 0 Å². The van der Waals surface area contributed by atoms with Crippen molar-refractivity contribution in [1.82, 2.24) is 15.0 Å². The number of benzene rings is 7. The van der Waals surface area contributed by atoms with Crippen LogP contribution in [0.1, 0.15) is 68.7 Å². The lowest BCUT2D eigenvalue weighted by atomic mass is 9.71. The summed E-state index contributed by atoms with van der Waals surface area (Å²) in [5.74, 6) is 3.80. The molecule has 4 heteroatoms. The van der Waals surface area contributed by atoms with Crippen LogP contribution >= 0.6 is 0 Å². The molecule has 4 aliphatic carbocycles. The van der Waals surface area contributed by atoms with Gasteiger partial charge in [-0.25, -0.2) is 15.0 Å². The molecule has 0 bridgehead atoms. The van der Waals surface area contributed by atoms with Gasteiger partial charge in [0, 0.05) is 22.1 Å². The lowest BCUT2D eigenvalue weighted by Crippen LogP contribution is -2.27. The third-order valence-corrected chi connectivity index (χ3v) is 15.1. The highest BCUT2D eigenvalue weighted by Crippen LogP contribution is 2.81. The number of hydrogen-bond donors (Lipinski definition) is 0. The maximum absolute atomic E-state index is 9.63. The lowest BCUT2D eigenvalue weighted by molar-refractivity contribution is 0.298. The number of nitrogens with zero attached hydrogens (tertiary/aromatic N) is 4. The van der Waals surface area contributed by atoms with Crippen LogP contribution in [-0.4, -0.2) is 15.0 Å². The van der Waals surface area contributed by atoms with E-state index in [1.165, 1.54) is 53.5 Å². The van der Waals surface area contributed by atoms with E-state index in [2.05, 4.69) is 185 Å². The number of hydrogen-bond acceptors (Lipinski definition) is 4. The second kappa shape index (κ2) is 13.5. The molecule has 0 N–H and O–H groups in total. The van der Waals surface area contributed by atoms with Crippen molar-refractivity contribution in [2.24, 2.45) is 17.3 Å². The van der Waals surface area contributed by atoms with Gasteiger partial charge < -0.3 is 0 Å². The van der Waals surface area contributed by atoms with Crippen molar-refractivity contribution in [3.8, 4) is 84.7 Å². The fourth-order valence-corrected chi connectivity index (χ4v) is 11.4. The van der Waals surface area contributed by atoms with Crippen LogP contribution in [0.3, 0.4) is 0 Å². The second-order valence-corrected chi connectivity index (χ2v) is 19.3. The molecule has 8 aromatic rings. The van der Waals surface area contributed by atoms with Crippen LogP contribution in [0.4, 0.5) is 0 Å². The van der Waals surface area contributed by atoms with E-state index >= 15 is 0 Å². The van der Waals surface area contributed by atoms with E-state index in [1.807, 2.05) is 6.07 Å². The molecule has 298 valence electrons. The first kappa shape index (κ1) is 36.9. The predicted octanol–water partition coefficient (Wildman–Crippen LogP) is 14.1. The van der Waals surface area contributed by atoms with E-state index in [0.29, 0.717) is 23.0 Å². The molecule has 3 fully saturated rings. The van der Waals surface area contributed by atoms with Gasteiger partial charge in [0.05, 0.1) is 11.6 Å². The van der Waals surface area contributed by atoms with Crippen molar-refractivity contribution in [1.29, 1.82) is 5.26 Å². The summed E-state index contributed by atoms with van der Waals surface area (Å²) in [6.45, 7) is 7.01. The minimum absolute atomic E-state index is 0.212. The van der Waals surface area contributed by atoms with Crippen LogP contribution in [0.2, 0.25) is 0 Å². The molecule has 1 spiro atoms. The molecule has 4 nitrogen and oxygen atoms in total. The van der Waals surface area contributed by atoms with Crippen molar-refractivity contribution in [3.05, 3.63) is 186 Å². The minimum atomic E-state index is -0.212. The van der Waals surface area contributed by atoms with Gasteiger partial charge >= 0.3 is 0 Å². The second-order valence-electron chi connectivity index (χ2n) is 19.3. The normalized spacial score (nSPS) is 22.1. The summed E-state index contributed by atoms with van der Waals surface area (Å²) in [5, 5.41) is 9.63. The van der Waals surface area contributed by atoms with Gasteiger partial charge in [-0.2, -0.15) is 5.26 Å². The number of fused-ring (bicyclic) bond motifs is 3. The van der Waals surface area contributed by atoms with E-state index in [1.54, 1.807) is 0 Å². The van der Waals surface area contributed by atoms with E-state index in [-0.39, 0.29) is 10.8 Å². The smallest absolute Gasteiger partial charge is 0.164 e. The Morgan fingerprint density at radius 1 is 0.435 bits per heavy atom. The van der Waals surface area contributed by atoms with E-state index in [0.717, 1.165) is 67.3 Å². The van der Waals surface area contributed by atoms with Gasteiger partial charge in [0.2, 0.25) is 0 Å². The number of nitriles is 1. The van der Waals surface area contributed by atoms with Gasteiger partial charge in [0.15, 0.2) is 17.5 Å². The molecule has 4 atom stereocenters. The summed E-state index contributed by atoms with van der Waals surface area (Å²) >= 11 is 0. The summed E-state index contributed by atoms with van der Waals surface area (Å²) in [4.78, 5) is 15.7. The summed E-state index contributed by atoms with van der Waals surface area (Å²) in [6, 6.07) is 60.8. The first-order valence-electron chi connectivity index (χ1n) is 22.1. The SMILES string of the molecule is CC1(c2ccc(-c3nc(-c4ccc(-c5ccc6c(c5)C(C)(C)c5cc(C#N)ccc5-6)cc4)nc(-c4cc(-c5ccccc5)cc(-c5ccccc5)c4)n3)cc2)C[C@@H]2CC23C[C@@H]3C1. The first-order valence-corrected chi connectivity index (χ1v) is 22.1.